The molecular weight excluding hydrogens is 127 g/mol. The Hall–Kier alpha value is 0.170. The molecule has 2 N–H and O–H groups in total. The van der Waals surface area contributed by atoms with Crippen LogP contribution in [0.5, 0.6) is 0 Å². The molecule has 0 aliphatic rings. The van der Waals surface area contributed by atoms with Crippen LogP contribution in [0.25, 0.3) is 0 Å². The van der Waals surface area contributed by atoms with Crippen molar-refractivity contribution in [3.63, 3.8) is 0 Å². The third kappa shape index (κ3) is 1450. The number of hydrogen-bond acceptors (Lipinski definition) is 3. The van der Waals surface area contributed by atoms with Crippen LogP contribution in [0.3, 0.4) is 0 Å². The van der Waals surface area contributed by atoms with Gasteiger partial charge in [-0.25, -0.2) is 0 Å². The third-order valence-corrected chi connectivity index (χ3v) is 0. The van der Waals surface area contributed by atoms with E-state index in [0.29, 0.717) is 0 Å². The molecule has 0 saturated carbocycles. The van der Waals surface area contributed by atoms with Crippen LogP contribution in [0.15, 0.2) is 0 Å². The molecule has 0 aromatic heterocycles. The molecule has 4 nitrogen and oxygen atoms in total. The summed E-state index contributed by atoms with van der Waals surface area (Å²) < 4.78 is 16.6. The summed E-state index contributed by atoms with van der Waals surface area (Å²) in [5.74, 6) is 0. The Labute approximate surface area is 40.3 Å². The van der Waals surface area contributed by atoms with Crippen LogP contribution in [0.4, 0.5) is 0 Å². The van der Waals surface area contributed by atoms with E-state index in [2.05, 4.69) is 12.5 Å². The third-order valence-electron chi connectivity index (χ3n) is 0. The molecule has 0 aromatic rings. The van der Waals surface area contributed by atoms with Crippen LogP contribution in [0.1, 0.15) is 0 Å². The molecule has 0 aliphatic carbocycles. The summed E-state index contributed by atoms with van der Waals surface area (Å²) in [4.78, 5) is 14.3. The summed E-state index contributed by atoms with van der Waals surface area (Å²) in [5, 5.41) is 0. The van der Waals surface area contributed by atoms with Crippen LogP contribution in [0, 0.1) is 0 Å². The fourth-order valence-corrected chi connectivity index (χ4v) is 0. The zero-order valence-electron chi connectivity index (χ0n) is 2.62. The van der Waals surface area contributed by atoms with Gasteiger partial charge in [-0.1, -0.05) is 0 Å². The van der Waals surface area contributed by atoms with E-state index in [1.807, 2.05) is 0 Å². The SMILES string of the molecule is O=S.O=[PH](O)O. The van der Waals surface area contributed by atoms with Gasteiger partial charge >= 0.3 is 8.25 Å². The van der Waals surface area contributed by atoms with Crippen molar-refractivity contribution in [1.82, 2.24) is 0 Å². The standard InChI is InChI=1S/H3O3P.OS/c1-4(2)3;1-2/h4H,(H2,1,2,3);. The van der Waals surface area contributed by atoms with Gasteiger partial charge in [-0.15, -0.1) is 0 Å². The summed E-state index contributed by atoms with van der Waals surface area (Å²) in [6, 6.07) is 0. The Morgan fingerprint density at radius 3 is 1.33 bits per heavy atom. The van der Waals surface area contributed by atoms with Crippen LogP contribution in [0.2, 0.25) is 0 Å². The Kier molecular flexibility index (Phi) is 14.1. The van der Waals surface area contributed by atoms with Gasteiger partial charge in [0, 0.05) is 0 Å². The van der Waals surface area contributed by atoms with E-state index >= 15 is 0 Å². The highest BCUT2D eigenvalue weighted by atomic mass is 32.1. The van der Waals surface area contributed by atoms with Gasteiger partial charge in [0.25, 0.3) is 0 Å². The lowest BCUT2D eigenvalue weighted by Crippen LogP contribution is -1.38. The van der Waals surface area contributed by atoms with Crippen molar-refractivity contribution in [2.45, 2.75) is 0 Å². The van der Waals surface area contributed by atoms with Gasteiger partial charge in [0.05, 0.1) is 0 Å². The zero-order valence-corrected chi connectivity index (χ0v) is 4.44. The molecule has 0 aliphatic heterocycles. The van der Waals surface area contributed by atoms with Gasteiger partial charge in [0.1, 0.15) is 0 Å². The molecule has 0 heterocycles. The summed E-state index contributed by atoms with van der Waals surface area (Å²) in [6.07, 6.45) is 0. The van der Waals surface area contributed by atoms with Gasteiger partial charge in [0.2, 0.25) is 0 Å². The summed E-state index contributed by atoms with van der Waals surface area (Å²) in [6.45, 7) is 0. The van der Waals surface area contributed by atoms with E-state index in [4.69, 9.17) is 18.6 Å². The molecule has 0 saturated heterocycles. The minimum atomic E-state index is -3.13. The Bertz CT molecular complexity index is 38.8. The second kappa shape index (κ2) is 8.95. The van der Waals surface area contributed by atoms with Gasteiger partial charge in [-0.05, 0) is 0 Å². The first-order chi connectivity index (χ1) is 2.73. The van der Waals surface area contributed by atoms with E-state index < -0.39 is 8.25 Å². The van der Waals surface area contributed by atoms with E-state index in [9.17, 15) is 0 Å². The lowest BCUT2D eigenvalue weighted by Gasteiger charge is -1.61. The van der Waals surface area contributed by atoms with Crippen LogP contribution in [-0.4, -0.2) is 14.0 Å². The van der Waals surface area contributed by atoms with Gasteiger partial charge < -0.3 is 9.79 Å². The largest absolute Gasteiger partial charge is 0.326 e. The second-order valence-corrected chi connectivity index (χ2v) is 0.848. The number of hydrogen-bond donors (Lipinski definition) is 2. The molecule has 0 aromatic carbocycles. The topological polar surface area (TPSA) is 74.6 Å². The predicted molar refractivity (Wildman–Crippen MR) is 21.6 cm³/mol. The average molecular weight is 130 g/mol. The molecule has 0 radical (unpaired) electrons. The highest BCUT2D eigenvalue weighted by molar-refractivity contribution is 7.44. The van der Waals surface area contributed by atoms with Crippen molar-refractivity contribution in [1.29, 1.82) is 0 Å². The molecule has 6 heteroatoms. The van der Waals surface area contributed by atoms with Crippen molar-refractivity contribution >= 4 is 20.8 Å². The van der Waals surface area contributed by atoms with Gasteiger partial charge in [0.15, 0.2) is 12.5 Å². The maximum Gasteiger partial charge on any atom is 0.314 e. The molecule has 0 spiro atoms. The van der Waals surface area contributed by atoms with E-state index in [-0.39, 0.29) is 0 Å². The average Bonchev–Trinajstić information content (AvgIpc) is 1.41. The lowest BCUT2D eigenvalue weighted by atomic mass is 15.8. The monoisotopic (exact) mass is 130 g/mol. The summed E-state index contributed by atoms with van der Waals surface area (Å²) in [5.41, 5.74) is 0. The van der Waals surface area contributed by atoms with E-state index in [1.54, 1.807) is 0 Å². The van der Waals surface area contributed by atoms with E-state index in [1.165, 1.54) is 0 Å². The minimum Gasteiger partial charge on any atom is -0.326 e. The van der Waals surface area contributed by atoms with Crippen LogP contribution in [-0.2, 0) is 17.1 Å². The van der Waals surface area contributed by atoms with Crippen molar-refractivity contribution in [2.24, 2.45) is 0 Å². The second-order valence-electron chi connectivity index (χ2n) is 0.283. The van der Waals surface area contributed by atoms with Gasteiger partial charge in [-0.2, -0.15) is 4.21 Å². The normalized spacial score (nSPS) is 6.50. The Balaban J connectivity index is 0. The molecule has 0 amide bonds. The first-order valence-corrected chi connectivity index (χ1v) is 2.45. The maximum absolute atomic E-state index is 8.74. The molecule has 0 rings (SSSR count). The predicted octanol–water partition coefficient (Wildman–Crippen LogP) is -0.976. The molecule has 0 unspecified atom stereocenters. The molecule has 38 valence electrons. The molecule has 0 fully saturated rings. The Morgan fingerprint density at radius 2 is 1.33 bits per heavy atom. The van der Waals surface area contributed by atoms with E-state index in [0.717, 1.165) is 0 Å². The van der Waals surface area contributed by atoms with Crippen molar-refractivity contribution < 1.29 is 18.6 Å². The van der Waals surface area contributed by atoms with Crippen molar-refractivity contribution in [2.75, 3.05) is 0 Å². The lowest BCUT2D eigenvalue weighted by molar-refractivity contribution is 0.405. The highest BCUT2D eigenvalue weighted by Gasteiger charge is 1.61. The molecule has 6 heavy (non-hydrogen) atoms. The van der Waals surface area contributed by atoms with Crippen molar-refractivity contribution in [3.8, 4) is 0 Å². The highest BCUT2D eigenvalue weighted by Crippen LogP contribution is 1.98. The fraction of sp³-hybridized carbons (Fsp3) is 0. The molecule has 0 atom stereocenters. The maximum atomic E-state index is 8.74. The molecule has 0 bridgehead atoms. The first-order valence-electron chi connectivity index (χ1n) is 0.818. The fourth-order valence-electron chi connectivity index (χ4n) is 0. The smallest absolute Gasteiger partial charge is 0.314 e. The van der Waals surface area contributed by atoms with Crippen LogP contribution < -0.4 is 0 Å². The summed E-state index contributed by atoms with van der Waals surface area (Å²) in [7, 11) is -3.13. The van der Waals surface area contributed by atoms with Crippen molar-refractivity contribution in [3.05, 3.63) is 0 Å². The Morgan fingerprint density at radius 1 is 1.33 bits per heavy atom. The zero-order chi connectivity index (χ0) is 5.58. The summed E-state index contributed by atoms with van der Waals surface area (Å²) >= 11 is 2.83. The van der Waals surface area contributed by atoms with Crippen LogP contribution >= 0.6 is 8.25 Å². The first kappa shape index (κ1) is 9.48. The van der Waals surface area contributed by atoms with Gasteiger partial charge in [-0.3, -0.25) is 4.57 Å². The molecular formula is H3O4PS. The quantitative estimate of drug-likeness (QED) is 0.412. The minimum absolute atomic E-state index is 2.83. The number of rotatable bonds is 0.